The van der Waals surface area contributed by atoms with Crippen LogP contribution in [0, 0.1) is 23.7 Å². The summed E-state index contributed by atoms with van der Waals surface area (Å²) in [5, 5.41) is 10.5. The number of ether oxygens (including phenoxy) is 4. The molecule has 6 atom stereocenters. The number of esters is 4. The number of phosphoric ester groups is 2. The SMILES string of the molecule is CCC(C)CCCCCCCCC(=O)OC[C@H](COP(=O)(O)OC[C@H](O)COP(=O)(O)OC[C@@H](COC(=O)CCCCCCCCC(C)C)OC(=O)CCCCCCCCC(C)C)OC(=O)CCCCCCCCCCCCCCCC(C)C. The first-order chi connectivity index (χ1) is 40.1. The molecule has 0 aromatic heterocycles. The lowest BCUT2D eigenvalue weighted by Gasteiger charge is -2.21. The van der Waals surface area contributed by atoms with Crippen LogP contribution in [0.5, 0.6) is 0 Å². The fraction of sp³-hybridized carbons (Fsp3) is 0.938. The first-order valence-corrected chi connectivity index (χ1v) is 36.7. The summed E-state index contributed by atoms with van der Waals surface area (Å²) in [7, 11) is -9.89. The summed E-state index contributed by atoms with van der Waals surface area (Å²) in [6.45, 7) is 13.9. The van der Waals surface area contributed by atoms with Crippen LogP contribution >= 0.6 is 15.6 Å². The lowest BCUT2D eigenvalue weighted by atomic mass is 10.00. The Morgan fingerprint density at radius 3 is 0.845 bits per heavy atom. The number of hydrogen-bond donors (Lipinski definition) is 3. The first kappa shape index (κ1) is 82.1. The number of carbonyl (C=O) groups is 4. The summed E-state index contributed by atoms with van der Waals surface area (Å²) in [6, 6.07) is 0. The largest absolute Gasteiger partial charge is 0.472 e. The van der Waals surface area contributed by atoms with E-state index in [2.05, 4.69) is 55.4 Å². The van der Waals surface area contributed by atoms with Crippen molar-refractivity contribution < 1.29 is 80.2 Å². The molecule has 0 aliphatic carbocycles. The molecular weight excluding hydrogens is 1110 g/mol. The predicted molar refractivity (Wildman–Crippen MR) is 335 cm³/mol. The Morgan fingerprint density at radius 2 is 0.571 bits per heavy atom. The van der Waals surface area contributed by atoms with E-state index < -0.39 is 97.5 Å². The predicted octanol–water partition coefficient (Wildman–Crippen LogP) is 17.8. The second-order valence-electron chi connectivity index (χ2n) is 25.2. The van der Waals surface area contributed by atoms with Gasteiger partial charge in [0.05, 0.1) is 26.4 Å². The molecule has 3 N–H and O–H groups in total. The van der Waals surface area contributed by atoms with Crippen molar-refractivity contribution in [3.63, 3.8) is 0 Å². The number of aliphatic hydroxyl groups is 1. The van der Waals surface area contributed by atoms with Crippen molar-refractivity contribution in [2.45, 2.75) is 331 Å². The van der Waals surface area contributed by atoms with Crippen LogP contribution in [0.4, 0.5) is 0 Å². The molecule has 0 saturated carbocycles. The van der Waals surface area contributed by atoms with Crippen LogP contribution in [-0.2, 0) is 65.4 Å². The highest BCUT2D eigenvalue weighted by Gasteiger charge is 2.30. The van der Waals surface area contributed by atoms with Gasteiger partial charge < -0.3 is 33.8 Å². The van der Waals surface area contributed by atoms with Gasteiger partial charge in [0.2, 0.25) is 0 Å². The monoisotopic (exact) mass is 1240 g/mol. The van der Waals surface area contributed by atoms with Crippen molar-refractivity contribution in [3.05, 3.63) is 0 Å². The van der Waals surface area contributed by atoms with E-state index in [-0.39, 0.29) is 25.7 Å². The molecule has 17 nitrogen and oxygen atoms in total. The van der Waals surface area contributed by atoms with Crippen LogP contribution in [0.15, 0.2) is 0 Å². The Bertz CT molecular complexity index is 1680. The summed E-state index contributed by atoms with van der Waals surface area (Å²) in [6.07, 6.45) is 35.2. The topological polar surface area (TPSA) is 237 Å². The molecule has 0 aromatic carbocycles. The zero-order valence-corrected chi connectivity index (χ0v) is 56.3. The van der Waals surface area contributed by atoms with Crippen LogP contribution in [0.3, 0.4) is 0 Å². The van der Waals surface area contributed by atoms with Gasteiger partial charge in [-0.25, -0.2) is 9.13 Å². The number of phosphoric acid groups is 2. The molecule has 0 aliphatic heterocycles. The van der Waals surface area contributed by atoms with Crippen molar-refractivity contribution in [2.75, 3.05) is 39.6 Å². The van der Waals surface area contributed by atoms with Crippen LogP contribution in [0.25, 0.3) is 0 Å². The zero-order valence-electron chi connectivity index (χ0n) is 54.5. The molecule has 3 unspecified atom stereocenters. The van der Waals surface area contributed by atoms with E-state index in [9.17, 15) is 43.2 Å². The van der Waals surface area contributed by atoms with Crippen LogP contribution in [0.1, 0.15) is 312 Å². The molecule has 0 bridgehead atoms. The van der Waals surface area contributed by atoms with E-state index in [1.54, 1.807) is 0 Å². The Kier molecular flexibility index (Phi) is 53.9. The Hall–Kier alpha value is -1.94. The van der Waals surface area contributed by atoms with Gasteiger partial charge in [0.25, 0.3) is 0 Å². The van der Waals surface area contributed by atoms with Gasteiger partial charge in [-0.05, 0) is 49.4 Å². The quantitative estimate of drug-likeness (QED) is 0.0222. The number of unbranched alkanes of at least 4 members (excludes halogenated alkanes) is 27. The molecule has 0 saturated heterocycles. The summed E-state index contributed by atoms with van der Waals surface area (Å²) in [5.41, 5.74) is 0. The second kappa shape index (κ2) is 55.2. The summed E-state index contributed by atoms with van der Waals surface area (Å²) >= 11 is 0. The second-order valence-corrected chi connectivity index (χ2v) is 28.1. The van der Waals surface area contributed by atoms with Gasteiger partial charge in [0.15, 0.2) is 12.2 Å². The van der Waals surface area contributed by atoms with Gasteiger partial charge in [-0.3, -0.25) is 37.3 Å². The van der Waals surface area contributed by atoms with Crippen molar-refractivity contribution in [1.82, 2.24) is 0 Å². The van der Waals surface area contributed by atoms with E-state index >= 15 is 0 Å². The van der Waals surface area contributed by atoms with Crippen molar-refractivity contribution in [1.29, 1.82) is 0 Å². The van der Waals surface area contributed by atoms with Gasteiger partial charge in [-0.1, -0.05) is 261 Å². The minimum Gasteiger partial charge on any atom is -0.462 e. The molecule has 84 heavy (non-hydrogen) atoms. The molecule has 0 radical (unpaired) electrons. The van der Waals surface area contributed by atoms with Crippen molar-refractivity contribution in [2.24, 2.45) is 23.7 Å². The lowest BCUT2D eigenvalue weighted by molar-refractivity contribution is -0.161. The Morgan fingerprint density at radius 1 is 0.333 bits per heavy atom. The van der Waals surface area contributed by atoms with E-state index in [1.807, 2.05) is 0 Å². The van der Waals surface area contributed by atoms with Gasteiger partial charge >= 0.3 is 39.5 Å². The molecule has 0 heterocycles. The first-order valence-electron chi connectivity index (χ1n) is 33.7. The van der Waals surface area contributed by atoms with E-state index in [0.717, 1.165) is 115 Å². The normalized spacial score (nSPS) is 14.7. The number of hydrogen-bond acceptors (Lipinski definition) is 15. The molecular formula is C65H126O17P2. The minimum absolute atomic E-state index is 0.100. The van der Waals surface area contributed by atoms with Gasteiger partial charge in [0.1, 0.15) is 19.3 Å². The third kappa shape index (κ3) is 57.8. The molecule has 0 amide bonds. The van der Waals surface area contributed by atoms with Gasteiger partial charge in [-0.2, -0.15) is 0 Å². The van der Waals surface area contributed by atoms with Crippen molar-refractivity contribution in [3.8, 4) is 0 Å². The summed E-state index contributed by atoms with van der Waals surface area (Å²) in [5.74, 6) is 0.723. The maximum Gasteiger partial charge on any atom is 0.472 e. The lowest BCUT2D eigenvalue weighted by Crippen LogP contribution is -2.30. The maximum absolute atomic E-state index is 13.0. The average Bonchev–Trinajstić information content (AvgIpc) is 3.46. The maximum atomic E-state index is 13.0. The average molecular weight is 1240 g/mol. The Labute approximate surface area is 511 Å². The number of rotatable bonds is 62. The standard InChI is InChI=1S/C65H126O17P2/c1-9-58(8)44-36-28-21-24-30-38-46-63(68)76-51-60(81-64(69)47-39-31-18-16-14-12-10-11-13-15-17-25-33-41-55(2)3)53-79-83(71,72)77-49-59(66)50-78-84(73,74)80-54-61(82-65(70)48-40-32-23-20-27-35-43-57(6)7)52-75-62(67)45-37-29-22-19-26-34-42-56(4)5/h55-61,66H,9-54H2,1-8H3,(H,71,72)(H,73,74)/t58?,59-,60+,61+/m0/s1. The van der Waals surface area contributed by atoms with E-state index in [1.165, 1.54) is 103 Å². The third-order valence-electron chi connectivity index (χ3n) is 15.2. The van der Waals surface area contributed by atoms with Crippen LogP contribution < -0.4 is 0 Å². The van der Waals surface area contributed by atoms with Crippen LogP contribution in [-0.4, -0.2) is 96.7 Å². The summed E-state index contributed by atoms with van der Waals surface area (Å²) < 4.78 is 68.0. The van der Waals surface area contributed by atoms with Crippen molar-refractivity contribution >= 4 is 39.5 Å². The zero-order chi connectivity index (χ0) is 62.5. The highest BCUT2D eigenvalue weighted by atomic mass is 31.2. The number of aliphatic hydroxyl groups excluding tert-OH is 1. The fourth-order valence-electron chi connectivity index (χ4n) is 9.57. The fourth-order valence-corrected chi connectivity index (χ4v) is 11.2. The molecule has 498 valence electrons. The molecule has 0 aliphatic rings. The molecule has 0 rings (SSSR count). The third-order valence-corrected chi connectivity index (χ3v) is 17.1. The molecule has 0 fully saturated rings. The minimum atomic E-state index is -4.95. The Balaban J connectivity index is 5.22. The van der Waals surface area contributed by atoms with E-state index in [0.29, 0.717) is 37.5 Å². The highest BCUT2D eigenvalue weighted by molar-refractivity contribution is 7.47. The highest BCUT2D eigenvalue weighted by Crippen LogP contribution is 2.45. The smallest absolute Gasteiger partial charge is 0.462 e. The molecule has 0 aromatic rings. The van der Waals surface area contributed by atoms with Crippen LogP contribution in [0.2, 0.25) is 0 Å². The molecule has 19 heteroatoms. The summed E-state index contributed by atoms with van der Waals surface area (Å²) in [4.78, 5) is 72.2. The number of carbonyl (C=O) groups excluding carboxylic acids is 4. The molecule has 0 spiro atoms. The van der Waals surface area contributed by atoms with E-state index in [4.69, 9.17) is 37.0 Å². The van der Waals surface area contributed by atoms with Gasteiger partial charge in [0, 0.05) is 25.7 Å². The van der Waals surface area contributed by atoms with Gasteiger partial charge in [-0.15, -0.1) is 0 Å².